The number of hydrogen-bond acceptors (Lipinski definition) is 2. The van der Waals surface area contributed by atoms with Gasteiger partial charge in [0.15, 0.2) is 0 Å². The van der Waals surface area contributed by atoms with Crippen LogP contribution < -0.4 is 5.73 Å². The van der Waals surface area contributed by atoms with Crippen molar-refractivity contribution in [3.8, 4) is 0 Å². The molecule has 1 atom stereocenters. The Kier molecular flexibility index (Phi) is 1.88. The van der Waals surface area contributed by atoms with Crippen LogP contribution in [0.25, 0.3) is 0 Å². The SMILES string of the molecule is N[C@H]1CCN(C(C2CC2)C2CC2)C1. The van der Waals surface area contributed by atoms with E-state index >= 15 is 0 Å². The van der Waals surface area contributed by atoms with Crippen molar-refractivity contribution in [3.05, 3.63) is 0 Å². The fraction of sp³-hybridized carbons (Fsp3) is 1.00. The average molecular weight is 180 g/mol. The van der Waals surface area contributed by atoms with Crippen molar-refractivity contribution in [2.75, 3.05) is 13.1 Å². The van der Waals surface area contributed by atoms with E-state index in [1.54, 1.807) is 0 Å². The van der Waals surface area contributed by atoms with E-state index in [0.29, 0.717) is 6.04 Å². The molecule has 0 unspecified atom stereocenters. The maximum Gasteiger partial charge on any atom is 0.0180 e. The predicted molar refractivity (Wildman–Crippen MR) is 53.4 cm³/mol. The second-order valence-corrected chi connectivity index (χ2v) is 5.21. The van der Waals surface area contributed by atoms with E-state index in [1.807, 2.05) is 0 Å². The van der Waals surface area contributed by atoms with Crippen LogP contribution in [0, 0.1) is 11.8 Å². The number of rotatable bonds is 3. The lowest BCUT2D eigenvalue weighted by Gasteiger charge is -2.27. The van der Waals surface area contributed by atoms with Crippen LogP contribution in [0.3, 0.4) is 0 Å². The Morgan fingerprint density at radius 3 is 2.00 bits per heavy atom. The highest BCUT2D eigenvalue weighted by Crippen LogP contribution is 2.47. The van der Waals surface area contributed by atoms with Crippen molar-refractivity contribution in [1.29, 1.82) is 0 Å². The van der Waals surface area contributed by atoms with Gasteiger partial charge in [0.2, 0.25) is 0 Å². The van der Waals surface area contributed by atoms with E-state index in [2.05, 4.69) is 4.90 Å². The monoisotopic (exact) mass is 180 g/mol. The minimum Gasteiger partial charge on any atom is -0.326 e. The molecule has 13 heavy (non-hydrogen) atoms. The third kappa shape index (κ3) is 1.62. The van der Waals surface area contributed by atoms with Gasteiger partial charge in [-0.3, -0.25) is 4.90 Å². The number of nitrogens with zero attached hydrogens (tertiary/aromatic N) is 1. The molecule has 1 aliphatic heterocycles. The molecular formula is C11H20N2. The molecule has 2 saturated carbocycles. The molecule has 0 bridgehead atoms. The molecule has 0 aromatic rings. The summed E-state index contributed by atoms with van der Waals surface area (Å²) in [7, 11) is 0. The Morgan fingerprint density at radius 1 is 1.00 bits per heavy atom. The highest BCUT2D eigenvalue weighted by molar-refractivity contribution is 4.99. The molecule has 0 radical (unpaired) electrons. The molecule has 2 heteroatoms. The molecule has 3 aliphatic rings. The molecule has 0 amide bonds. The van der Waals surface area contributed by atoms with E-state index < -0.39 is 0 Å². The number of hydrogen-bond donors (Lipinski definition) is 1. The van der Waals surface area contributed by atoms with E-state index in [4.69, 9.17) is 5.73 Å². The zero-order chi connectivity index (χ0) is 8.84. The molecule has 2 N–H and O–H groups in total. The number of nitrogens with two attached hydrogens (primary N) is 1. The topological polar surface area (TPSA) is 29.3 Å². The summed E-state index contributed by atoms with van der Waals surface area (Å²) in [6.45, 7) is 2.45. The maximum atomic E-state index is 5.96. The van der Waals surface area contributed by atoms with Crippen LogP contribution in [0.15, 0.2) is 0 Å². The first-order valence-electron chi connectivity index (χ1n) is 5.84. The number of likely N-dealkylation sites (tertiary alicyclic amines) is 1. The lowest BCUT2D eigenvalue weighted by molar-refractivity contribution is 0.192. The van der Waals surface area contributed by atoms with Crippen LogP contribution in [0.1, 0.15) is 32.1 Å². The minimum absolute atomic E-state index is 0.472. The summed E-state index contributed by atoms with van der Waals surface area (Å²) in [4.78, 5) is 2.69. The minimum atomic E-state index is 0.472. The van der Waals surface area contributed by atoms with Crippen molar-refractivity contribution in [3.63, 3.8) is 0 Å². The summed E-state index contributed by atoms with van der Waals surface area (Å²) < 4.78 is 0. The quantitative estimate of drug-likeness (QED) is 0.707. The first-order valence-corrected chi connectivity index (χ1v) is 5.84. The van der Waals surface area contributed by atoms with Gasteiger partial charge in [-0.15, -0.1) is 0 Å². The fourth-order valence-corrected chi connectivity index (χ4v) is 2.94. The molecule has 74 valence electrons. The first-order chi connectivity index (χ1) is 6.34. The summed E-state index contributed by atoms with van der Waals surface area (Å²) >= 11 is 0. The summed E-state index contributed by atoms with van der Waals surface area (Å²) in [6.07, 6.45) is 7.20. The Labute approximate surface area is 80.5 Å². The Morgan fingerprint density at radius 2 is 1.62 bits per heavy atom. The van der Waals surface area contributed by atoms with Gasteiger partial charge in [-0.1, -0.05) is 0 Å². The molecule has 0 aromatic heterocycles. The zero-order valence-corrected chi connectivity index (χ0v) is 8.28. The Balaban J connectivity index is 1.65. The standard InChI is InChI=1S/C11H20N2/c12-10-5-6-13(7-10)11(8-1-2-8)9-3-4-9/h8-11H,1-7,12H2/t10-/m0/s1. The molecule has 0 spiro atoms. The van der Waals surface area contributed by atoms with Crippen molar-refractivity contribution in [1.82, 2.24) is 4.90 Å². The first kappa shape index (κ1) is 8.25. The van der Waals surface area contributed by atoms with Gasteiger partial charge in [-0.25, -0.2) is 0 Å². The summed E-state index contributed by atoms with van der Waals surface area (Å²) in [6, 6.07) is 1.41. The van der Waals surface area contributed by atoms with Gasteiger partial charge in [0.05, 0.1) is 0 Å². The van der Waals surface area contributed by atoms with Crippen molar-refractivity contribution in [2.24, 2.45) is 17.6 Å². The van der Waals surface area contributed by atoms with Gasteiger partial charge in [-0.2, -0.15) is 0 Å². The van der Waals surface area contributed by atoms with Crippen LogP contribution in [0.4, 0.5) is 0 Å². The molecule has 3 fully saturated rings. The second kappa shape index (κ2) is 2.96. The largest absolute Gasteiger partial charge is 0.326 e. The zero-order valence-electron chi connectivity index (χ0n) is 8.28. The van der Waals surface area contributed by atoms with Gasteiger partial charge in [0.1, 0.15) is 0 Å². The molecule has 2 nitrogen and oxygen atoms in total. The van der Waals surface area contributed by atoms with Crippen molar-refractivity contribution in [2.45, 2.75) is 44.2 Å². The molecular weight excluding hydrogens is 160 g/mol. The van der Waals surface area contributed by atoms with Crippen molar-refractivity contribution >= 4 is 0 Å². The highest BCUT2D eigenvalue weighted by atomic mass is 15.2. The van der Waals surface area contributed by atoms with Crippen molar-refractivity contribution < 1.29 is 0 Å². The normalized spacial score (nSPS) is 36.0. The van der Waals surface area contributed by atoms with Crippen LogP contribution >= 0.6 is 0 Å². The lowest BCUT2D eigenvalue weighted by atomic mass is 10.1. The van der Waals surface area contributed by atoms with E-state index in [9.17, 15) is 0 Å². The van der Waals surface area contributed by atoms with Crippen LogP contribution in [-0.2, 0) is 0 Å². The lowest BCUT2D eigenvalue weighted by Crippen LogP contribution is -2.38. The molecule has 3 rings (SSSR count). The molecule has 1 heterocycles. The molecule has 0 aromatic carbocycles. The van der Waals surface area contributed by atoms with Gasteiger partial charge in [0, 0.05) is 25.2 Å². The molecule has 2 aliphatic carbocycles. The average Bonchev–Trinajstić information content (AvgIpc) is 2.95. The van der Waals surface area contributed by atoms with E-state index in [1.165, 1.54) is 45.2 Å². The van der Waals surface area contributed by atoms with E-state index in [-0.39, 0.29) is 0 Å². The predicted octanol–water partition coefficient (Wildman–Crippen LogP) is 1.21. The van der Waals surface area contributed by atoms with Gasteiger partial charge in [0.25, 0.3) is 0 Å². The summed E-state index contributed by atoms with van der Waals surface area (Å²) in [5.41, 5.74) is 5.96. The Hall–Kier alpha value is -0.0800. The second-order valence-electron chi connectivity index (χ2n) is 5.21. The van der Waals surface area contributed by atoms with Crippen LogP contribution in [-0.4, -0.2) is 30.1 Å². The van der Waals surface area contributed by atoms with Gasteiger partial charge >= 0.3 is 0 Å². The van der Waals surface area contributed by atoms with E-state index in [0.717, 1.165) is 17.9 Å². The smallest absolute Gasteiger partial charge is 0.0180 e. The maximum absolute atomic E-state index is 5.96. The molecule has 1 saturated heterocycles. The van der Waals surface area contributed by atoms with Gasteiger partial charge < -0.3 is 5.73 Å². The fourth-order valence-electron chi connectivity index (χ4n) is 2.94. The third-order valence-corrected chi connectivity index (χ3v) is 3.89. The van der Waals surface area contributed by atoms with Crippen LogP contribution in [0.5, 0.6) is 0 Å². The third-order valence-electron chi connectivity index (χ3n) is 3.89. The summed E-state index contributed by atoms with van der Waals surface area (Å²) in [5.74, 6) is 2.11. The van der Waals surface area contributed by atoms with Gasteiger partial charge in [-0.05, 0) is 43.9 Å². The Bertz CT molecular complexity index is 184. The summed E-state index contributed by atoms with van der Waals surface area (Å²) in [5, 5.41) is 0. The highest BCUT2D eigenvalue weighted by Gasteiger charge is 2.45. The van der Waals surface area contributed by atoms with Crippen LogP contribution in [0.2, 0.25) is 0 Å².